The smallest absolute Gasteiger partial charge is 0.338 e. The fraction of sp³-hybridized carbons (Fsp3) is 0.667. The maximum absolute atomic E-state index is 11.9. The highest BCUT2D eigenvalue weighted by molar-refractivity contribution is 5.90. The van der Waals surface area contributed by atoms with Crippen LogP contribution in [0.15, 0.2) is 23.5 Å². The molecule has 0 aliphatic heterocycles. The lowest BCUT2D eigenvalue weighted by Crippen LogP contribution is -2.10. The summed E-state index contributed by atoms with van der Waals surface area (Å²) in [6, 6.07) is 0. The minimum atomic E-state index is -0.435. The highest BCUT2D eigenvalue weighted by Gasteiger charge is 2.14. The van der Waals surface area contributed by atoms with Crippen LogP contribution < -0.4 is 0 Å². The molecule has 0 aromatic heterocycles. The molecule has 1 saturated carbocycles. The van der Waals surface area contributed by atoms with Gasteiger partial charge in [-0.2, -0.15) is 0 Å². The average molecular weight is 308 g/mol. The summed E-state index contributed by atoms with van der Waals surface area (Å²) in [7, 11) is 0. The molecule has 1 aliphatic carbocycles. The Balaban J connectivity index is 2.43. The maximum atomic E-state index is 11.9. The number of carbonyl (C=O) groups is 2. The first-order valence-electron chi connectivity index (χ1n) is 8.28. The van der Waals surface area contributed by atoms with Crippen LogP contribution in [0.4, 0.5) is 0 Å². The lowest BCUT2D eigenvalue weighted by atomic mass is 9.88. The van der Waals surface area contributed by atoms with Crippen LogP contribution in [0.5, 0.6) is 0 Å². The SMILES string of the molecule is CCCCOC(=O)/C(C)=C/OC(=O)/C(C)=C/C1CCCCC1. The van der Waals surface area contributed by atoms with Gasteiger partial charge >= 0.3 is 11.9 Å². The zero-order valence-electron chi connectivity index (χ0n) is 14.0. The zero-order valence-corrected chi connectivity index (χ0v) is 14.0. The third kappa shape index (κ3) is 6.92. The van der Waals surface area contributed by atoms with E-state index in [1.54, 1.807) is 13.8 Å². The van der Waals surface area contributed by atoms with E-state index in [1.807, 2.05) is 13.0 Å². The average Bonchev–Trinajstić information content (AvgIpc) is 2.53. The van der Waals surface area contributed by atoms with Gasteiger partial charge in [0.15, 0.2) is 0 Å². The number of hydrogen-bond donors (Lipinski definition) is 0. The van der Waals surface area contributed by atoms with Crippen molar-refractivity contribution in [2.45, 2.75) is 65.7 Å². The van der Waals surface area contributed by atoms with Crippen LogP contribution in [0, 0.1) is 5.92 Å². The van der Waals surface area contributed by atoms with Crippen LogP contribution in [-0.4, -0.2) is 18.5 Å². The minimum Gasteiger partial charge on any atom is -0.462 e. The van der Waals surface area contributed by atoms with E-state index in [0.29, 0.717) is 23.7 Å². The van der Waals surface area contributed by atoms with E-state index in [-0.39, 0.29) is 0 Å². The molecule has 0 aromatic carbocycles. The quantitative estimate of drug-likeness (QED) is 0.304. The molecule has 0 heterocycles. The molecule has 1 fully saturated rings. The molecule has 4 nitrogen and oxygen atoms in total. The number of esters is 2. The lowest BCUT2D eigenvalue weighted by molar-refractivity contribution is -0.139. The molecule has 1 aliphatic rings. The second-order valence-corrected chi connectivity index (χ2v) is 5.94. The summed E-state index contributed by atoms with van der Waals surface area (Å²) in [5.41, 5.74) is 0.908. The summed E-state index contributed by atoms with van der Waals surface area (Å²) >= 11 is 0. The zero-order chi connectivity index (χ0) is 16.4. The molecule has 0 aromatic rings. The van der Waals surface area contributed by atoms with Crippen molar-refractivity contribution in [1.82, 2.24) is 0 Å². The Hall–Kier alpha value is -1.58. The van der Waals surface area contributed by atoms with Gasteiger partial charge in [-0.15, -0.1) is 0 Å². The van der Waals surface area contributed by atoms with Crippen molar-refractivity contribution in [2.24, 2.45) is 5.92 Å². The molecule has 0 N–H and O–H groups in total. The third-order valence-corrected chi connectivity index (χ3v) is 3.85. The Bertz CT molecular complexity index is 428. The monoisotopic (exact) mass is 308 g/mol. The summed E-state index contributed by atoms with van der Waals surface area (Å²) in [5.74, 6) is -0.355. The van der Waals surface area contributed by atoms with Crippen molar-refractivity contribution in [1.29, 1.82) is 0 Å². The fourth-order valence-electron chi connectivity index (χ4n) is 2.43. The van der Waals surface area contributed by atoms with Gasteiger partial charge in [0, 0.05) is 5.57 Å². The standard InChI is InChI=1S/C18H28O4/c1-4-5-11-21-18(20)15(3)13-22-17(19)14(2)12-16-9-7-6-8-10-16/h12-13,16H,4-11H2,1-3H3/b14-12+,15-13+. The van der Waals surface area contributed by atoms with Crippen molar-refractivity contribution < 1.29 is 19.1 Å². The highest BCUT2D eigenvalue weighted by Crippen LogP contribution is 2.25. The van der Waals surface area contributed by atoms with Gasteiger partial charge < -0.3 is 9.47 Å². The number of unbranched alkanes of at least 4 members (excludes halogenated alkanes) is 1. The fourth-order valence-corrected chi connectivity index (χ4v) is 2.43. The van der Waals surface area contributed by atoms with E-state index in [1.165, 1.54) is 25.5 Å². The van der Waals surface area contributed by atoms with Gasteiger partial charge in [-0.05, 0) is 39.0 Å². The van der Waals surface area contributed by atoms with E-state index in [9.17, 15) is 9.59 Å². The highest BCUT2D eigenvalue weighted by atomic mass is 16.5. The Labute approximate surface area is 133 Å². The first-order chi connectivity index (χ1) is 10.5. The molecular formula is C18H28O4. The molecule has 0 unspecified atom stereocenters. The third-order valence-electron chi connectivity index (χ3n) is 3.85. The summed E-state index contributed by atoms with van der Waals surface area (Å²) in [5, 5.41) is 0. The van der Waals surface area contributed by atoms with Crippen molar-refractivity contribution in [3.8, 4) is 0 Å². The topological polar surface area (TPSA) is 52.6 Å². The van der Waals surface area contributed by atoms with Crippen LogP contribution in [0.25, 0.3) is 0 Å². The van der Waals surface area contributed by atoms with E-state index >= 15 is 0 Å². The van der Waals surface area contributed by atoms with E-state index in [4.69, 9.17) is 9.47 Å². The number of ether oxygens (including phenoxy) is 2. The predicted molar refractivity (Wildman–Crippen MR) is 86.0 cm³/mol. The van der Waals surface area contributed by atoms with Crippen LogP contribution in [0.2, 0.25) is 0 Å². The molecule has 1 rings (SSSR count). The molecule has 0 atom stereocenters. The van der Waals surface area contributed by atoms with Gasteiger partial charge in [0.1, 0.15) is 6.26 Å². The molecule has 0 saturated heterocycles. The maximum Gasteiger partial charge on any atom is 0.338 e. The van der Waals surface area contributed by atoms with Crippen LogP contribution in [0.3, 0.4) is 0 Å². The van der Waals surface area contributed by atoms with Crippen LogP contribution in [0.1, 0.15) is 65.7 Å². The van der Waals surface area contributed by atoms with Gasteiger partial charge in [0.25, 0.3) is 0 Å². The number of carbonyl (C=O) groups excluding carboxylic acids is 2. The second kappa shape index (κ2) is 10.2. The molecule has 4 heteroatoms. The first-order valence-corrected chi connectivity index (χ1v) is 8.28. The number of rotatable bonds is 7. The largest absolute Gasteiger partial charge is 0.462 e. The van der Waals surface area contributed by atoms with Gasteiger partial charge in [-0.25, -0.2) is 9.59 Å². The molecule has 0 spiro atoms. The Morgan fingerprint density at radius 3 is 2.36 bits per heavy atom. The summed E-state index contributed by atoms with van der Waals surface area (Å²) in [4.78, 5) is 23.5. The normalized spacial score (nSPS) is 17.2. The number of hydrogen-bond acceptors (Lipinski definition) is 4. The summed E-state index contributed by atoms with van der Waals surface area (Å²) < 4.78 is 10.1. The molecule has 0 amide bonds. The molecular weight excluding hydrogens is 280 g/mol. The van der Waals surface area contributed by atoms with Crippen LogP contribution in [-0.2, 0) is 19.1 Å². The van der Waals surface area contributed by atoms with E-state index in [2.05, 4.69) is 0 Å². The number of allylic oxidation sites excluding steroid dienone is 1. The van der Waals surface area contributed by atoms with Crippen LogP contribution >= 0.6 is 0 Å². The summed E-state index contributed by atoms with van der Waals surface area (Å²) in [6.07, 6.45) is 11.0. The predicted octanol–water partition coefficient (Wildman–Crippen LogP) is 4.30. The van der Waals surface area contributed by atoms with Gasteiger partial charge in [0.05, 0.1) is 12.2 Å². The van der Waals surface area contributed by atoms with Crippen molar-refractivity contribution >= 4 is 11.9 Å². The second-order valence-electron chi connectivity index (χ2n) is 5.94. The van der Waals surface area contributed by atoms with Crippen molar-refractivity contribution in [3.05, 3.63) is 23.5 Å². The van der Waals surface area contributed by atoms with Crippen molar-refractivity contribution in [2.75, 3.05) is 6.61 Å². The Morgan fingerprint density at radius 1 is 1.05 bits per heavy atom. The van der Waals surface area contributed by atoms with Crippen molar-refractivity contribution in [3.63, 3.8) is 0 Å². The van der Waals surface area contributed by atoms with E-state index < -0.39 is 11.9 Å². The molecule has 0 radical (unpaired) electrons. The van der Waals surface area contributed by atoms with Gasteiger partial charge in [-0.1, -0.05) is 38.7 Å². The molecule has 22 heavy (non-hydrogen) atoms. The molecule has 124 valence electrons. The minimum absolute atomic E-state index is 0.301. The van der Waals surface area contributed by atoms with E-state index in [0.717, 1.165) is 25.7 Å². The van der Waals surface area contributed by atoms with Gasteiger partial charge in [0.2, 0.25) is 0 Å². The van der Waals surface area contributed by atoms with Gasteiger partial charge in [-0.3, -0.25) is 0 Å². The summed E-state index contributed by atoms with van der Waals surface area (Å²) in [6.45, 7) is 5.77. The Kier molecular flexibility index (Phi) is 8.56. The first kappa shape index (κ1) is 18.5. The Morgan fingerprint density at radius 2 is 1.73 bits per heavy atom. The molecule has 0 bridgehead atoms. The lowest BCUT2D eigenvalue weighted by Gasteiger charge is -2.18.